The van der Waals surface area contributed by atoms with E-state index in [2.05, 4.69) is 10.6 Å². The lowest BCUT2D eigenvalue weighted by Crippen LogP contribution is -2.69. The van der Waals surface area contributed by atoms with E-state index >= 15 is 0 Å². The Balaban J connectivity index is 0.00000169. The van der Waals surface area contributed by atoms with Crippen molar-refractivity contribution in [2.75, 3.05) is 25.4 Å². The number of carbonyl (C=O) groups is 1. The summed E-state index contributed by atoms with van der Waals surface area (Å²) < 4.78 is 5.97. The largest absolute Gasteiger partial charge is 0.399 e. The average molecular weight is 406 g/mol. The van der Waals surface area contributed by atoms with E-state index in [0.717, 1.165) is 31.5 Å². The van der Waals surface area contributed by atoms with Gasteiger partial charge in [-0.2, -0.15) is 0 Å². The van der Waals surface area contributed by atoms with Gasteiger partial charge in [-0.1, -0.05) is 12.1 Å². The number of hydrogen-bond acceptors (Lipinski definition) is 5. The van der Waals surface area contributed by atoms with Gasteiger partial charge in [-0.25, -0.2) is 0 Å². The van der Waals surface area contributed by atoms with E-state index in [-0.39, 0.29) is 37.1 Å². The van der Waals surface area contributed by atoms with Gasteiger partial charge in [-0.05, 0) is 57.0 Å². The summed E-state index contributed by atoms with van der Waals surface area (Å²) in [5.74, 6) is -0.0905. The predicted octanol–water partition coefficient (Wildman–Crippen LogP) is 1.43. The van der Waals surface area contributed by atoms with Gasteiger partial charge >= 0.3 is 0 Å². The predicted molar refractivity (Wildman–Crippen MR) is 107 cm³/mol. The number of piperidine rings is 1. The normalized spacial score (nSPS) is 27.1. The number of aliphatic hydroxyl groups excluding tert-OH is 1. The van der Waals surface area contributed by atoms with Crippen LogP contribution >= 0.6 is 24.8 Å². The number of nitrogens with one attached hydrogen (secondary N) is 2. The van der Waals surface area contributed by atoms with Crippen molar-refractivity contribution < 1.29 is 14.6 Å². The summed E-state index contributed by atoms with van der Waals surface area (Å²) in [5, 5.41) is 17.3. The maximum Gasteiger partial charge on any atom is 0.224 e. The monoisotopic (exact) mass is 405 g/mol. The van der Waals surface area contributed by atoms with E-state index in [1.165, 1.54) is 0 Å². The summed E-state index contributed by atoms with van der Waals surface area (Å²) in [4.78, 5) is 12.5. The van der Waals surface area contributed by atoms with Crippen molar-refractivity contribution in [2.45, 2.75) is 49.9 Å². The minimum Gasteiger partial charge on any atom is -0.399 e. The molecule has 1 aromatic carbocycles. The molecule has 2 saturated heterocycles. The molecule has 0 bridgehead atoms. The van der Waals surface area contributed by atoms with E-state index in [0.29, 0.717) is 18.7 Å². The standard InChI is InChI=1S/C18H27N3O3.2ClH/c1-17(21-15(22)12-13-2-4-14(19)5-3-13)8-11-24-18(16(17)23)6-9-20-10-7-18;;/h2-5,16,20,23H,6-12,19H2,1H3,(H,21,22);2*1H/t16-,17+;;/m0../s1. The number of ether oxygens (including phenoxy) is 1. The first-order valence-electron chi connectivity index (χ1n) is 8.62. The Labute approximate surface area is 167 Å². The maximum atomic E-state index is 12.5. The summed E-state index contributed by atoms with van der Waals surface area (Å²) >= 11 is 0. The molecule has 148 valence electrons. The van der Waals surface area contributed by atoms with E-state index < -0.39 is 17.2 Å². The summed E-state index contributed by atoms with van der Waals surface area (Å²) in [5.41, 5.74) is 6.04. The van der Waals surface area contributed by atoms with Crippen molar-refractivity contribution in [3.8, 4) is 0 Å². The van der Waals surface area contributed by atoms with E-state index in [4.69, 9.17) is 10.5 Å². The summed E-state index contributed by atoms with van der Waals surface area (Å²) in [7, 11) is 0. The van der Waals surface area contributed by atoms with Crippen molar-refractivity contribution in [3.63, 3.8) is 0 Å². The molecular weight excluding hydrogens is 377 g/mol. The summed E-state index contributed by atoms with van der Waals surface area (Å²) in [6, 6.07) is 7.28. The Bertz CT molecular complexity index is 588. The minimum atomic E-state index is -0.712. The SMILES string of the molecule is C[C@@]1(NC(=O)Cc2ccc(N)cc2)CCOC2(CCNCC2)[C@H]1O.Cl.Cl. The third-order valence-corrected chi connectivity index (χ3v) is 5.33. The lowest BCUT2D eigenvalue weighted by atomic mass is 9.73. The van der Waals surface area contributed by atoms with Gasteiger partial charge in [0.15, 0.2) is 0 Å². The number of nitrogens with two attached hydrogens (primary N) is 1. The number of rotatable bonds is 3. The van der Waals surface area contributed by atoms with Crippen molar-refractivity contribution >= 4 is 36.4 Å². The van der Waals surface area contributed by atoms with Gasteiger partial charge in [-0.15, -0.1) is 24.8 Å². The summed E-state index contributed by atoms with van der Waals surface area (Å²) in [6.45, 7) is 4.12. The lowest BCUT2D eigenvalue weighted by Gasteiger charge is -2.52. The Morgan fingerprint density at radius 3 is 2.50 bits per heavy atom. The molecule has 0 unspecified atom stereocenters. The molecule has 2 heterocycles. The Morgan fingerprint density at radius 1 is 1.27 bits per heavy atom. The molecule has 1 aromatic rings. The van der Waals surface area contributed by atoms with Crippen LogP contribution in [0.4, 0.5) is 5.69 Å². The third-order valence-electron chi connectivity index (χ3n) is 5.33. The fraction of sp³-hybridized carbons (Fsp3) is 0.611. The first-order valence-corrected chi connectivity index (χ1v) is 8.62. The Morgan fingerprint density at radius 2 is 1.88 bits per heavy atom. The molecule has 1 spiro atoms. The first-order chi connectivity index (χ1) is 11.4. The molecule has 0 saturated carbocycles. The van der Waals surface area contributed by atoms with Crippen LogP contribution in [-0.2, 0) is 16.0 Å². The van der Waals surface area contributed by atoms with Gasteiger partial charge in [0.1, 0.15) is 6.10 Å². The smallest absolute Gasteiger partial charge is 0.224 e. The number of benzene rings is 1. The molecule has 2 aliphatic rings. The topological polar surface area (TPSA) is 96.6 Å². The van der Waals surface area contributed by atoms with Crippen LogP contribution in [0.25, 0.3) is 0 Å². The highest BCUT2D eigenvalue weighted by molar-refractivity contribution is 5.85. The van der Waals surface area contributed by atoms with Crippen molar-refractivity contribution in [1.82, 2.24) is 10.6 Å². The highest BCUT2D eigenvalue weighted by Gasteiger charge is 2.52. The zero-order valence-corrected chi connectivity index (χ0v) is 16.6. The molecule has 26 heavy (non-hydrogen) atoms. The second-order valence-corrected chi connectivity index (χ2v) is 7.20. The third kappa shape index (κ3) is 4.81. The van der Waals surface area contributed by atoms with Gasteiger partial charge in [0.25, 0.3) is 0 Å². The Hall–Kier alpha value is -1.05. The summed E-state index contributed by atoms with van der Waals surface area (Å²) in [6.07, 6.45) is 1.69. The highest BCUT2D eigenvalue weighted by atomic mass is 35.5. The van der Waals surface area contributed by atoms with Crippen LogP contribution < -0.4 is 16.4 Å². The molecular formula is C18H29Cl2N3O3. The molecule has 6 nitrogen and oxygen atoms in total. The van der Waals surface area contributed by atoms with Crippen LogP contribution in [0.5, 0.6) is 0 Å². The molecule has 5 N–H and O–H groups in total. The van der Waals surface area contributed by atoms with E-state index in [1.807, 2.05) is 19.1 Å². The van der Waals surface area contributed by atoms with Crippen LogP contribution in [0.3, 0.4) is 0 Å². The first kappa shape index (κ1) is 23.0. The van der Waals surface area contributed by atoms with Crippen LogP contribution in [0.15, 0.2) is 24.3 Å². The van der Waals surface area contributed by atoms with Gasteiger partial charge in [0, 0.05) is 12.3 Å². The maximum absolute atomic E-state index is 12.5. The molecule has 0 aromatic heterocycles. The van der Waals surface area contributed by atoms with E-state index in [9.17, 15) is 9.90 Å². The number of hydrogen-bond donors (Lipinski definition) is 4. The Kier molecular flexibility index (Phi) is 8.17. The average Bonchev–Trinajstić information content (AvgIpc) is 2.56. The number of aliphatic hydroxyl groups is 1. The number of anilines is 1. The van der Waals surface area contributed by atoms with Crippen LogP contribution in [0.2, 0.25) is 0 Å². The second-order valence-electron chi connectivity index (χ2n) is 7.20. The zero-order valence-electron chi connectivity index (χ0n) is 15.0. The highest BCUT2D eigenvalue weighted by Crippen LogP contribution is 2.38. The number of amides is 1. The molecule has 8 heteroatoms. The fourth-order valence-electron chi connectivity index (χ4n) is 3.84. The van der Waals surface area contributed by atoms with Crippen molar-refractivity contribution in [2.24, 2.45) is 0 Å². The molecule has 3 rings (SSSR count). The zero-order chi connectivity index (χ0) is 17.2. The van der Waals surface area contributed by atoms with Gasteiger partial charge in [-0.3, -0.25) is 4.79 Å². The van der Waals surface area contributed by atoms with Crippen LogP contribution in [-0.4, -0.2) is 48.0 Å². The lowest BCUT2D eigenvalue weighted by molar-refractivity contribution is -0.200. The minimum absolute atomic E-state index is 0. The van der Waals surface area contributed by atoms with Crippen molar-refractivity contribution in [3.05, 3.63) is 29.8 Å². The van der Waals surface area contributed by atoms with E-state index in [1.54, 1.807) is 12.1 Å². The molecule has 0 aliphatic carbocycles. The number of carbonyl (C=O) groups excluding carboxylic acids is 1. The number of halogens is 2. The van der Waals surface area contributed by atoms with Gasteiger partial charge in [0.05, 0.1) is 17.6 Å². The molecule has 1 amide bonds. The van der Waals surface area contributed by atoms with Crippen LogP contribution in [0, 0.1) is 0 Å². The van der Waals surface area contributed by atoms with Crippen molar-refractivity contribution in [1.29, 1.82) is 0 Å². The number of nitrogen functional groups attached to an aromatic ring is 1. The molecule has 2 fully saturated rings. The molecule has 2 atom stereocenters. The quantitative estimate of drug-likeness (QED) is 0.570. The van der Waals surface area contributed by atoms with Crippen LogP contribution in [0.1, 0.15) is 31.7 Å². The second kappa shape index (κ2) is 9.24. The van der Waals surface area contributed by atoms with Gasteiger partial charge in [0.2, 0.25) is 5.91 Å². The fourth-order valence-corrected chi connectivity index (χ4v) is 3.84. The molecule has 2 aliphatic heterocycles. The van der Waals surface area contributed by atoms with Gasteiger partial charge < -0.3 is 26.2 Å². The molecule has 0 radical (unpaired) electrons.